The molecule has 2 atom stereocenters. The van der Waals surface area contributed by atoms with E-state index in [4.69, 9.17) is 5.11 Å². The van der Waals surface area contributed by atoms with Crippen LogP contribution >= 0.6 is 0 Å². The highest BCUT2D eigenvalue weighted by molar-refractivity contribution is 5.89. The molecular weight excluding hydrogens is 216 g/mol. The van der Waals surface area contributed by atoms with Gasteiger partial charge in [0.2, 0.25) is 0 Å². The highest BCUT2D eigenvalue weighted by atomic mass is 16.3. The smallest absolute Gasteiger partial charge is 0.319 e. The van der Waals surface area contributed by atoms with Gasteiger partial charge in [-0.1, -0.05) is 24.6 Å². The maximum absolute atomic E-state index is 11.6. The van der Waals surface area contributed by atoms with E-state index in [1.807, 2.05) is 45.0 Å². The third-order valence-electron chi connectivity index (χ3n) is 2.81. The molecule has 2 amide bonds. The number of rotatable bonds is 4. The molecule has 0 radical (unpaired) electrons. The Morgan fingerprint density at radius 1 is 1.29 bits per heavy atom. The van der Waals surface area contributed by atoms with E-state index in [0.29, 0.717) is 0 Å². The molecule has 0 aliphatic carbocycles. The van der Waals surface area contributed by atoms with Crippen LogP contribution in [0.4, 0.5) is 10.5 Å². The molecule has 0 aliphatic rings. The van der Waals surface area contributed by atoms with Crippen LogP contribution < -0.4 is 10.6 Å². The quantitative estimate of drug-likeness (QED) is 0.750. The average molecular weight is 236 g/mol. The van der Waals surface area contributed by atoms with Crippen molar-refractivity contribution < 1.29 is 9.90 Å². The SMILES string of the molecule is Cc1ccc(NC(=O)NC(C)C(C)CO)cc1. The number of aliphatic hydroxyl groups is 1. The summed E-state index contributed by atoms with van der Waals surface area (Å²) in [5.74, 6) is 0.0405. The van der Waals surface area contributed by atoms with Gasteiger partial charge in [-0.25, -0.2) is 4.79 Å². The number of nitrogens with one attached hydrogen (secondary N) is 2. The van der Waals surface area contributed by atoms with Crippen LogP contribution in [0.2, 0.25) is 0 Å². The minimum Gasteiger partial charge on any atom is -0.396 e. The number of hydrogen-bond acceptors (Lipinski definition) is 2. The molecule has 1 rings (SSSR count). The molecule has 0 heterocycles. The lowest BCUT2D eigenvalue weighted by molar-refractivity contribution is 0.204. The first kappa shape index (κ1) is 13.5. The number of anilines is 1. The van der Waals surface area contributed by atoms with Crippen molar-refractivity contribution in [2.45, 2.75) is 26.8 Å². The lowest BCUT2D eigenvalue weighted by Crippen LogP contribution is -2.40. The predicted octanol–water partition coefficient (Wildman–Crippen LogP) is 2.13. The maximum Gasteiger partial charge on any atom is 0.319 e. The zero-order chi connectivity index (χ0) is 12.8. The number of aliphatic hydroxyl groups excluding tert-OH is 1. The van der Waals surface area contributed by atoms with Crippen LogP contribution in [0.25, 0.3) is 0 Å². The van der Waals surface area contributed by atoms with Gasteiger partial charge in [-0.3, -0.25) is 0 Å². The van der Waals surface area contributed by atoms with Crippen LogP contribution in [0.15, 0.2) is 24.3 Å². The number of carbonyl (C=O) groups excluding carboxylic acids is 1. The molecule has 0 spiro atoms. The van der Waals surface area contributed by atoms with E-state index in [-0.39, 0.29) is 24.6 Å². The fourth-order valence-electron chi connectivity index (χ4n) is 1.31. The molecule has 2 unspecified atom stereocenters. The number of amides is 2. The van der Waals surface area contributed by atoms with Gasteiger partial charge in [0.15, 0.2) is 0 Å². The number of benzene rings is 1. The van der Waals surface area contributed by atoms with E-state index in [1.165, 1.54) is 0 Å². The first-order valence-electron chi connectivity index (χ1n) is 5.78. The first-order valence-corrected chi connectivity index (χ1v) is 5.78. The third-order valence-corrected chi connectivity index (χ3v) is 2.81. The fraction of sp³-hybridized carbons (Fsp3) is 0.462. The van der Waals surface area contributed by atoms with Crippen LogP contribution in [0.5, 0.6) is 0 Å². The summed E-state index contributed by atoms with van der Waals surface area (Å²) in [6.07, 6.45) is 0. The van der Waals surface area contributed by atoms with E-state index in [9.17, 15) is 4.79 Å². The van der Waals surface area contributed by atoms with Crippen molar-refractivity contribution in [2.24, 2.45) is 5.92 Å². The van der Waals surface area contributed by atoms with E-state index >= 15 is 0 Å². The largest absolute Gasteiger partial charge is 0.396 e. The topological polar surface area (TPSA) is 61.4 Å². The van der Waals surface area contributed by atoms with Crippen molar-refractivity contribution in [1.82, 2.24) is 5.32 Å². The third kappa shape index (κ3) is 4.44. The Balaban J connectivity index is 2.47. The van der Waals surface area contributed by atoms with Crippen LogP contribution in [-0.4, -0.2) is 23.8 Å². The zero-order valence-electron chi connectivity index (χ0n) is 10.5. The second-order valence-corrected chi connectivity index (χ2v) is 4.41. The molecule has 0 saturated carbocycles. The van der Waals surface area contributed by atoms with Crippen molar-refractivity contribution in [2.75, 3.05) is 11.9 Å². The van der Waals surface area contributed by atoms with Gasteiger partial charge >= 0.3 is 6.03 Å². The van der Waals surface area contributed by atoms with Gasteiger partial charge in [0, 0.05) is 18.3 Å². The summed E-state index contributed by atoms with van der Waals surface area (Å²) in [6.45, 7) is 5.81. The summed E-state index contributed by atoms with van der Waals surface area (Å²) in [5.41, 5.74) is 1.91. The molecule has 94 valence electrons. The van der Waals surface area contributed by atoms with E-state index in [1.54, 1.807) is 0 Å². The molecule has 0 fully saturated rings. The van der Waals surface area contributed by atoms with Crippen LogP contribution in [0.1, 0.15) is 19.4 Å². The molecule has 3 N–H and O–H groups in total. The Morgan fingerprint density at radius 2 is 1.88 bits per heavy atom. The Labute approximate surface area is 102 Å². The van der Waals surface area contributed by atoms with Gasteiger partial charge in [-0.2, -0.15) is 0 Å². The average Bonchev–Trinajstić information content (AvgIpc) is 2.30. The number of aryl methyl sites for hydroxylation is 1. The van der Waals surface area contributed by atoms with Crippen molar-refractivity contribution in [3.63, 3.8) is 0 Å². The van der Waals surface area contributed by atoms with Crippen LogP contribution in [-0.2, 0) is 0 Å². The van der Waals surface area contributed by atoms with Gasteiger partial charge in [0.05, 0.1) is 0 Å². The standard InChI is InChI=1S/C13H20N2O2/c1-9-4-6-12(7-5-9)15-13(17)14-11(3)10(2)8-16/h4-7,10-11,16H,8H2,1-3H3,(H2,14,15,17). The molecule has 0 saturated heterocycles. The number of carbonyl (C=O) groups is 1. The second-order valence-electron chi connectivity index (χ2n) is 4.41. The predicted molar refractivity (Wildman–Crippen MR) is 69.0 cm³/mol. The zero-order valence-corrected chi connectivity index (χ0v) is 10.5. The van der Waals surface area contributed by atoms with E-state index in [2.05, 4.69) is 10.6 Å². The van der Waals surface area contributed by atoms with Gasteiger partial charge in [0.25, 0.3) is 0 Å². The Bertz CT molecular complexity index is 362. The first-order chi connectivity index (χ1) is 8.02. The normalized spacial score (nSPS) is 13.9. The molecule has 4 nitrogen and oxygen atoms in total. The van der Waals surface area contributed by atoms with Gasteiger partial charge < -0.3 is 15.7 Å². The van der Waals surface area contributed by atoms with Crippen molar-refractivity contribution in [3.8, 4) is 0 Å². The molecule has 1 aromatic carbocycles. The summed E-state index contributed by atoms with van der Waals surface area (Å²) in [6, 6.07) is 7.28. The fourth-order valence-corrected chi connectivity index (χ4v) is 1.31. The van der Waals surface area contributed by atoms with E-state index < -0.39 is 0 Å². The second kappa shape index (κ2) is 6.25. The number of hydrogen-bond donors (Lipinski definition) is 3. The summed E-state index contributed by atoms with van der Waals surface area (Å²) >= 11 is 0. The van der Waals surface area contributed by atoms with E-state index in [0.717, 1.165) is 11.3 Å². The molecule has 0 bridgehead atoms. The molecule has 17 heavy (non-hydrogen) atoms. The lowest BCUT2D eigenvalue weighted by Gasteiger charge is -2.19. The van der Waals surface area contributed by atoms with Gasteiger partial charge in [-0.15, -0.1) is 0 Å². The summed E-state index contributed by atoms with van der Waals surface area (Å²) in [7, 11) is 0. The Morgan fingerprint density at radius 3 is 2.41 bits per heavy atom. The lowest BCUT2D eigenvalue weighted by atomic mass is 10.1. The van der Waals surface area contributed by atoms with Crippen LogP contribution in [0.3, 0.4) is 0 Å². The van der Waals surface area contributed by atoms with Crippen molar-refractivity contribution in [1.29, 1.82) is 0 Å². The molecule has 1 aromatic rings. The summed E-state index contributed by atoms with van der Waals surface area (Å²) in [5, 5.41) is 14.5. The summed E-state index contributed by atoms with van der Waals surface area (Å²) < 4.78 is 0. The highest BCUT2D eigenvalue weighted by Gasteiger charge is 2.13. The Hall–Kier alpha value is -1.55. The van der Waals surface area contributed by atoms with Crippen molar-refractivity contribution >= 4 is 11.7 Å². The highest BCUT2D eigenvalue weighted by Crippen LogP contribution is 2.08. The maximum atomic E-state index is 11.6. The van der Waals surface area contributed by atoms with Gasteiger partial charge in [0.1, 0.15) is 0 Å². The molecule has 4 heteroatoms. The Kier molecular flexibility index (Phi) is 4.97. The molecule has 0 aliphatic heterocycles. The van der Waals surface area contributed by atoms with Crippen LogP contribution in [0, 0.1) is 12.8 Å². The molecule has 0 aromatic heterocycles. The van der Waals surface area contributed by atoms with Crippen molar-refractivity contribution in [3.05, 3.63) is 29.8 Å². The minimum absolute atomic E-state index is 0.0405. The monoisotopic (exact) mass is 236 g/mol. The molecular formula is C13H20N2O2. The minimum atomic E-state index is -0.248. The number of urea groups is 1. The van der Waals surface area contributed by atoms with Gasteiger partial charge in [-0.05, 0) is 31.9 Å². The summed E-state index contributed by atoms with van der Waals surface area (Å²) in [4.78, 5) is 11.6.